The Hall–Kier alpha value is -1.13. The third-order valence-corrected chi connectivity index (χ3v) is 3.55. The van der Waals surface area contributed by atoms with Crippen LogP contribution in [0.2, 0.25) is 0 Å². The van der Waals surface area contributed by atoms with Crippen LogP contribution >= 0.6 is 0 Å². The average molecular weight is 249 g/mol. The van der Waals surface area contributed by atoms with Crippen molar-refractivity contribution in [2.24, 2.45) is 0 Å². The lowest BCUT2D eigenvalue weighted by Gasteiger charge is -2.38. The van der Waals surface area contributed by atoms with E-state index >= 15 is 0 Å². The predicted molar refractivity (Wildman–Crippen MR) is 73.4 cm³/mol. The van der Waals surface area contributed by atoms with Crippen molar-refractivity contribution in [2.75, 3.05) is 25.4 Å². The summed E-state index contributed by atoms with van der Waals surface area (Å²) in [6.07, 6.45) is 1.86. The number of nitrogen functional groups attached to an aromatic ring is 1. The third-order valence-electron chi connectivity index (χ3n) is 3.55. The van der Waals surface area contributed by atoms with Crippen molar-refractivity contribution < 1.29 is 4.74 Å². The molecule has 1 aromatic rings. The standard InChI is InChI=1S/C14H23N3O/c1-10-7-16-12(11(2)13(10)15)8-17-5-6-18-14(3,4)9-17/h7H,5-6,8-9H2,1-4H3,(H2,15,16). The second kappa shape index (κ2) is 4.86. The zero-order chi connectivity index (χ0) is 13.3. The number of nitrogens with zero attached hydrogens (tertiary/aromatic N) is 2. The van der Waals surface area contributed by atoms with Crippen LogP contribution in [0.5, 0.6) is 0 Å². The van der Waals surface area contributed by atoms with Crippen molar-refractivity contribution in [3.63, 3.8) is 0 Å². The number of hydrogen-bond acceptors (Lipinski definition) is 4. The van der Waals surface area contributed by atoms with Crippen molar-refractivity contribution in [1.29, 1.82) is 0 Å². The molecule has 0 aromatic carbocycles. The molecule has 2 rings (SSSR count). The van der Waals surface area contributed by atoms with E-state index < -0.39 is 0 Å². The molecule has 0 unspecified atom stereocenters. The van der Waals surface area contributed by atoms with E-state index in [4.69, 9.17) is 10.5 Å². The van der Waals surface area contributed by atoms with Crippen LogP contribution in [0.1, 0.15) is 30.7 Å². The highest BCUT2D eigenvalue weighted by atomic mass is 16.5. The van der Waals surface area contributed by atoms with Gasteiger partial charge in [0.05, 0.1) is 17.9 Å². The van der Waals surface area contributed by atoms with Gasteiger partial charge < -0.3 is 10.5 Å². The van der Waals surface area contributed by atoms with Crippen LogP contribution in [-0.2, 0) is 11.3 Å². The quantitative estimate of drug-likeness (QED) is 0.869. The first-order valence-electron chi connectivity index (χ1n) is 6.46. The number of pyridine rings is 1. The fourth-order valence-electron chi connectivity index (χ4n) is 2.41. The summed E-state index contributed by atoms with van der Waals surface area (Å²) >= 11 is 0. The normalized spacial score (nSPS) is 20.0. The second-order valence-electron chi connectivity index (χ2n) is 5.75. The first-order chi connectivity index (χ1) is 8.39. The van der Waals surface area contributed by atoms with Crippen LogP contribution in [0.15, 0.2) is 6.20 Å². The molecular weight excluding hydrogens is 226 g/mol. The molecule has 0 bridgehead atoms. The summed E-state index contributed by atoms with van der Waals surface area (Å²) in [6, 6.07) is 0. The van der Waals surface area contributed by atoms with Gasteiger partial charge in [0.15, 0.2) is 0 Å². The van der Waals surface area contributed by atoms with E-state index in [2.05, 4.69) is 30.7 Å². The van der Waals surface area contributed by atoms with E-state index in [0.29, 0.717) is 0 Å². The van der Waals surface area contributed by atoms with Gasteiger partial charge in [-0.25, -0.2) is 0 Å². The smallest absolute Gasteiger partial charge is 0.0753 e. The molecular formula is C14H23N3O. The van der Waals surface area contributed by atoms with Gasteiger partial charge in [0.2, 0.25) is 0 Å². The predicted octanol–water partition coefficient (Wildman–Crippen LogP) is 1.89. The minimum Gasteiger partial charge on any atom is -0.398 e. The molecule has 0 amide bonds. The van der Waals surface area contributed by atoms with Crippen LogP contribution in [0.4, 0.5) is 5.69 Å². The Morgan fingerprint density at radius 3 is 2.83 bits per heavy atom. The maximum absolute atomic E-state index is 6.06. The minimum atomic E-state index is -0.0671. The third kappa shape index (κ3) is 2.82. The van der Waals surface area contributed by atoms with Crippen LogP contribution in [0.3, 0.4) is 0 Å². The summed E-state index contributed by atoms with van der Waals surface area (Å²) in [7, 11) is 0. The highest BCUT2D eigenvalue weighted by Crippen LogP contribution is 2.22. The van der Waals surface area contributed by atoms with E-state index in [9.17, 15) is 0 Å². The van der Waals surface area contributed by atoms with Gasteiger partial charge in [0.1, 0.15) is 0 Å². The minimum absolute atomic E-state index is 0.0671. The van der Waals surface area contributed by atoms with Gasteiger partial charge in [-0.15, -0.1) is 0 Å². The number of rotatable bonds is 2. The van der Waals surface area contributed by atoms with Gasteiger partial charge in [-0.05, 0) is 38.8 Å². The highest BCUT2D eigenvalue weighted by Gasteiger charge is 2.27. The molecule has 1 aliphatic heterocycles. The van der Waals surface area contributed by atoms with Gasteiger partial charge >= 0.3 is 0 Å². The van der Waals surface area contributed by atoms with E-state index in [1.165, 1.54) is 0 Å². The summed E-state index contributed by atoms with van der Waals surface area (Å²) in [4.78, 5) is 6.90. The molecule has 0 spiro atoms. The van der Waals surface area contributed by atoms with Crippen LogP contribution < -0.4 is 5.73 Å². The molecule has 1 saturated heterocycles. The van der Waals surface area contributed by atoms with Gasteiger partial charge in [0.25, 0.3) is 0 Å². The molecule has 0 radical (unpaired) electrons. The average Bonchev–Trinajstić information content (AvgIpc) is 2.29. The SMILES string of the molecule is Cc1cnc(CN2CCOC(C)(C)C2)c(C)c1N. The topological polar surface area (TPSA) is 51.4 Å². The van der Waals surface area contributed by atoms with E-state index in [0.717, 1.165) is 48.7 Å². The van der Waals surface area contributed by atoms with Crippen LogP contribution in [0, 0.1) is 13.8 Å². The Labute approximate surface area is 109 Å². The number of anilines is 1. The lowest BCUT2D eigenvalue weighted by Crippen LogP contribution is -2.47. The molecule has 0 aliphatic carbocycles. The zero-order valence-corrected chi connectivity index (χ0v) is 11.8. The van der Waals surface area contributed by atoms with Gasteiger partial charge in [-0.1, -0.05) is 0 Å². The molecule has 18 heavy (non-hydrogen) atoms. The first kappa shape index (κ1) is 13.3. The summed E-state index contributed by atoms with van der Waals surface area (Å²) in [6.45, 7) is 11.8. The van der Waals surface area contributed by atoms with Gasteiger partial charge in [-0.2, -0.15) is 0 Å². The number of morpholine rings is 1. The first-order valence-corrected chi connectivity index (χ1v) is 6.46. The number of nitrogens with two attached hydrogens (primary N) is 1. The molecule has 0 saturated carbocycles. The molecule has 100 valence electrons. The van der Waals surface area contributed by atoms with Crippen molar-refractivity contribution in [2.45, 2.75) is 39.8 Å². The Morgan fingerprint density at radius 1 is 1.44 bits per heavy atom. The Balaban J connectivity index is 2.12. The molecule has 1 aromatic heterocycles. The largest absolute Gasteiger partial charge is 0.398 e. The Bertz CT molecular complexity index is 443. The van der Waals surface area contributed by atoms with Crippen LogP contribution in [-0.4, -0.2) is 35.2 Å². The van der Waals surface area contributed by atoms with E-state index in [1.807, 2.05) is 13.1 Å². The molecule has 1 fully saturated rings. The van der Waals surface area contributed by atoms with E-state index in [1.54, 1.807) is 0 Å². The number of aryl methyl sites for hydroxylation is 1. The molecule has 2 N–H and O–H groups in total. The fraction of sp³-hybridized carbons (Fsp3) is 0.643. The summed E-state index contributed by atoms with van der Waals surface area (Å²) < 4.78 is 5.72. The monoisotopic (exact) mass is 249 g/mol. The van der Waals surface area contributed by atoms with Crippen molar-refractivity contribution >= 4 is 5.69 Å². The van der Waals surface area contributed by atoms with E-state index in [-0.39, 0.29) is 5.60 Å². The number of ether oxygens (including phenoxy) is 1. The van der Waals surface area contributed by atoms with Crippen LogP contribution in [0.25, 0.3) is 0 Å². The number of hydrogen-bond donors (Lipinski definition) is 1. The highest BCUT2D eigenvalue weighted by molar-refractivity contribution is 5.53. The lowest BCUT2D eigenvalue weighted by molar-refractivity contribution is -0.0885. The second-order valence-corrected chi connectivity index (χ2v) is 5.75. The Kier molecular flexibility index (Phi) is 3.59. The maximum Gasteiger partial charge on any atom is 0.0753 e. The maximum atomic E-state index is 6.06. The fourth-order valence-corrected chi connectivity index (χ4v) is 2.41. The lowest BCUT2D eigenvalue weighted by atomic mass is 10.1. The molecule has 0 atom stereocenters. The van der Waals surface area contributed by atoms with Gasteiger partial charge in [-0.3, -0.25) is 9.88 Å². The summed E-state index contributed by atoms with van der Waals surface area (Å²) in [5.41, 5.74) is 10.1. The summed E-state index contributed by atoms with van der Waals surface area (Å²) in [5, 5.41) is 0. The van der Waals surface area contributed by atoms with Crippen molar-refractivity contribution in [3.05, 3.63) is 23.0 Å². The zero-order valence-electron chi connectivity index (χ0n) is 11.8. The van der Waals surface area contributed by atoms with Gasteiger partial charge in [0, 0.05) is 31.5 Å². The van der Waals surface area contributed by atoms with Crippen molar-refractivity contribution in [3.8, 4) is 0 Å². The molecule has 4 heteroatoms. The van der Waals surface area contributed by atoms with Crippen molar-refractivity contribution in [1.82, 2.24) is 9.88 Å². The summed E-state index contributed by atoms with van der Waals surface area (Å²) in [5.74, 6) is 0. The molecule has 1 aliphatic rings. The molecule has 2 heterocycles. The Morgan fingerprint density at radius 2 is 2.17 bits per heavy atom. The number of aromatic nitrogens is 1. The molecule has 4 nitrogen and oxygen atoms in total.